The molecular formula is C24H26O2S3Si2. The van der Waals surface area contributed by atoms with Gasteiger partial charge in [0.05, 0.1) is 13.7 Å². The summed E-state index contributed by atoms with van der Waals surface area (Å²) in [5.41, 5.74) is 3.82. The third-order valence-electron chi connectivity index (χ3n) is 7.27. The van der Waals surface area contributed by atoms with Gasteiger partial charge in [0.25, 0.3) is 0 Å². The molecule has 2 nitrogen and oxygen atoms in total. The number of methoxy groups -OCH3 is 1. The Morgan fingerprint density at radius 1 is 0.839 bits per heavy atom. The molecule has 0 amide bonds. The van der Waals surface area contributed by atoms with E-state index in [0.29, 0.717) is 0 Å². The van der Waals surface area contributed by atoms with Gasteiger partial charge >= 0.3 is 0 Å². The molecule has 0 aliphatic carbocycles. The van der Waals surface area contributed by atoms with Crippen LogP contribution in [-0.4, -0.2) is 28.4 Å². The minimum Gasteiger partial charge on any atom is -0.496 e. The van der Waals surface area contributed by atoms with Gasteiger partial charge in [-0.3, -0.25) is 0 Å². The van der Waals surface area contributed by atoms with Gasteiger partial charge in [-0.05, 0) is 52.3 Å². The van der Waals surface area contributed by atoms with Crippen LogP contribution in [0.2, 0.25) is 26.2 Å². The van der Waals surface area contributed by atoms with Crippen molar-refractivity contribution in [1.29, 1.82) is 0 Å². The number of fused-ring (bicyclic) bond motifs is 8. The second kappa shape index (κ2) is 6.21. The Labute approximate surface area is 197 Å². The van der Waals surface area contributed by atoms with Crippen molar-refractivity contribution in [3.05, 3.63) is 27.5 Å². The molecule has 1 aromatic carbocycles. The normalized spacial score (nSPS) is 17.0. The number of hydrogen-bond donors (Lipinski definition) is 1. The van der Waals surface area contributed by atoms with Crippen LogP contribution >= 0.6 is 34.0 Å². The molecular weight excluding hydrogens is 473 g/mol. The summed E-state index contributed by atoms with van der Waals surface area (Å²) in [6, 6.07) is 4.74. The molecule has 0 bridgehead atoms. The average Bonchev–Trinajstić information content (AvgIpc) is 3.43. The van der Waals surface area contributed by atoms with E-state index in [1.807, 2.05) is 41.1 Å². The molecule has 1 N–H and O–H groups in total. The van der Waals surface area contributed by atoms with Crippen LogP contribution < -0.4 is 25.5 Å². The minimum atomic E-state index is -1.99. The maximum absolute atomic E-state index is 10.8. The number of ether oxygens (including phenoxy) is 1. The number of hydrogen-bond acceptors (Lipinski definition) is 5. The SMILES string of the molecule is COc1c2c(c(CO)c3c1[Si](C)(C)c1c-3sc3cc(C)sc13)[Si](C)(C)c1cc(C)sc1-2. The summed E-state index contributed by atoms with van der Waals surface area (Å²) < 4.78 is 9.19. The van der Waals surface area contributed by atoms with Crippen molar-refractivity contribution >= 4 is 80.3 Å². The number of aliphatic hydroxyl groups excluding tert-OH is 1. The van der Waals surface area contributed by atoms with Crippen molar-refractivity contribution in [3.8, 4) is 26.6 Å². The molecule has 0 radical (unpaired) electrons. The summed E-state index contributed by atoms with van der Waals surface area (Å²) in [5, 5.41) is 16.7. The zero-order valence-electron chi connectivity index (χ0n) is 18.9. The van der Waals surface area contributed by atoms with Crippen molar-refractivity contribution in [3.63, 3.8) is 0 Å². The van der Waals surface area contributed by atoms with Gasteiger partial charge in [-0.25, -0.2) is 0 Å². The van der Waals surface area contributed by atoms with Gasteiger partial charge in [-0.15, -0.1) is 34.0 Å². The number of thiophene rings is 3. The van der Waals surface area contributed by atoms with Gasteiger partial charge in [0, 0.05) is 40.0 Å². The van der Waals surface area contributed by atoms with Crippen LogP contribution in [0.15, 0.2) is 12.1 Å². The van der Waals surface area contributed by atoms with Crippen LogP contribution in [0.5, 0.6) is 5.75 Å². The van der Waals surface area contributed by atoms with Gasteiger partial charge in [-0.2, -0.15) is 0 Å². The number of aryl methyl sites for hydroxylation is 2. The highest BCUT2D eigenvalue weighted by Crippen LogP contribution is 2.49. The van der Waals surface area contributed by atoms with Gasteiger partial charge in [-0.1, -0.05) is 26.2 Å². The van der Waals surface area contributed by atoms with E-state index in [-0.39, 0.29) is 6.61 Å². The Morgan fingerprint density at radius 2 is 1.55 bits per heavy atom. The highest BCUT2D eigenvalue weighted by molar-refractivity contribution is 7.34. The molecule has 0 atom stereocenters. The molecule has 3 aromatic heterocycles. The first-order valence-electron chi connectivity index (χ1n) is 10.7. The van der Waals surface area contributed by atoms with Crippen molar-refractivity contribution in [2.75, 3.05) is 7.11 Å². The van der Waals surface area contributed by atoms with E-state index >= 15 is 0 Å². The fourth-order valence-corrected chi connectivity index (χ4v) is 19.3. The Hall–Kier alpha value is -1.23. The monoisotopic (exact) mass is 498 g/mol. The zero-order chi connectivity index (χ0) is 22.0. The summed E-state index contributed by atoms with van der Waals surface area (Å²) in [5.74, 6) is 1.10. The van der Waals surface area contributed by atoms with Crippen LogP contribution in [-0.2, 0) is 6.61 Å². The van der Waals surface area contributed by atoms with E-state index in [1.54, 1.807) is 5.19 Å². The van der Waals surface area contributed by atoms with Crippen molar-refractivity contribution in [2.45, 2.75) is 46.6 Å². The Kier molecular flexibility index (Phi) is 4.09. The standard InChI is InChI=1S/C24H26O2S3Si2/c1-11-8-14-19(27-11)24-21(29-14)16-13(10-25)22-17(18(26-3)23(16)31(24,6)7)20-15(30(22,4)5)9-12(2)28-20/h8-9,25H,10H2,1-7H3. The first kappa shape index (κ1) is 20.4. The molecule has 0 saturated heterocycles. The second-order valence-electron chi connectivity index (χ2n) is 9.88. The quantitative estimate of drug-likeness (QED) is 0.404. The highest BCUT2D eigenvalue weighted by Gasteiger charge is 2.51. The predicted octanol–water partition coefficient (Wildman–Crippen LogP) is 4.75. The zero-order valence-corrected chi connectivity index (χ0v) is 23.4. The molecule has 2 aliphatic heterocycles. The minimum absolute atomic E-state index is 0.105. The molecule has 2 aliphatic rings. The molecule has 31 heavy (non-hydrogen) atoms. The van der Waals surface area contributed by atoms with E-state index in [0.717, 1.165) is 5.75 Å². The lowest BCUT2D eigenvalue weighted by Gasteiger charge is -2.28. The van der Waals surface area contributed by atoms with Gasteiger partial charge in [0.1, 0.15) is 21.9 Å². The summed E-state index contributed by atoms with van der Waals surface area (Å²) in [6.07, 6.45) is 0. The molecule has 0 saturated carbocycles. The van der Waals surface area contributed by atoms with E-state index in [1.165, 1.54) is 61.2 Å². The smallest absolute Gasteiger partial charge is 0.127 e. The Balaban J connectivity index is 1.82. The van der Waals surface area contributed by atoms with E-state index in [2.05, 4.69) is 52.2 Å². The molecule has 7 heteroatoms. The molecule has 6 rings (SSSR count). The van der Waals surface area contributed by atoms with Crippen LogP contribution in [0.1, 0.15) is 15.3 Å². The lowest BCUT2D eigenvalue weighted by molar-refractivity contribution is 0.283. The lowest BCUT2D eigenvalue weighted by atomic mass is 10.0. The second-order valence-corrected chi connectivity index (χ2v) is 22.0. The van der Waals surface area contributed by atoms with Crippen LogP contribution in [0.3, 0.4) is 0 Å². The highest BCUT2D eigenvalue weighted by atomic mass is 32.1. The summed E-state index contributed by atoms with van der Waals surface area (Å²) in [7, 11) is -2.06. The van der Waals surface area contributed by atoms with Crippen molar-refractivity contribution < 1.29 is 9.84 Å². The van der Waals surface area contributed by atoms with E-state index in [4.69, 9.17) is 4.74 Å². The summed E-state index contributed by atoms with van der Waals surface area (Å²) >= 11 is 5.77. The van der Waals surface area contributed by atoms with Crippen LogP contribution in [0, 0.1) is 13.8 Å². The third kappa shape index (κ3) is 2.30. The fraction of sp³-hybridized carbons (Fsp3) is 0.333. The largest absolute Gasteiger partial charge is 0.496 e. The summed E-state index contributed by atoms with van der Waals surface area (Å²) in [4.78, 5) is 5.56. The van der Waals surface area contributed by atoms with Gasteiger partial charge < -0.3 is 9.84 Å². The molecule has 0 spiro atoms. The van der Waals surface area contributed by atoms with E-state index in [9.17, 15) is 5.11 Å². The molecule has 5 heterocycles. The molecule has 160 valence electrons. The summed E-state index contributed by atoms with van der Waals surface area (Å²) in [6.45, 7) is 14.4. The van der Waals surface area contributed by atoms with Crippen molar-refractivity contribution in [2.24, 2.45) is 0 Å². The van der Waals surface area contributed by atoms with Crippen LogP contribution in [0.25, 0.3) is 30.3 Å². The maximum Gasteiger partial charge on any atom is 0.127 e. The maximum atomic E-state index is 10.8. The Morgan fingerprint density at radius 3 is 2.23 bits per heavy atom. The lowest BCUT2D eigenvalue weighted by Crippen LogP contribution is -2.53. The molecule has 4 aromatic rings. The van der Waals surface area contributed by atoms with Gasteiger partial charge in [0.15, 0.2) is 0 Å². The van der Waals surface area contributed by atoms with Crippen molar-refractivity contribution in [1.82, 2.24) is 0 Å². The number of aliphatic hydroxyl groups is 1. The predicted molar refractivity (Wildman–Crippen MR) is 144 cm³/mol. The topological polar surface area (TPSA) is 29.5 Å². The van der Waals surface area contributed by atoms with E-state index < -0.39 is 16.1 Å². The van der Waals surface area contributed by atoms with Gasteiger partial charge in [0.2, 0.25) is 0 Å². The third-order valence-corrected chi connectivity index (χ3v) is 18.2. The number of rotatable bonds is 2. The first-order chi connectivity index (χ1) is 14.6. The fourth-order valence-electron chi connectivity index (χ4n) is 6.07. The Bertz CT molecular complexity index is 1440. The number of benzene rings is 1. The molecule has 0 unspecified atom stereocenters. The molecule has 0 fully saturated rings. The van der Waals surface area contributed by atoms with Crippen LogP contribution in [0.4, 0.5) is 0 Å². The first-order valence-corrected chi connectivity index (χ1v) is 19.1. The average molecular weight is 499 g/mol.